The van der Waals surface area contributed by atoms with Gasteiger partial charge in [-0.2, -0.15) is 0 Å². The Kier molecular flexibility index (Phi) is 2.91. The number of rotatable bonds is 2. The molecule has 2 fully saturated rings. The second kappa shape index (κ2) is 4.32. The molecule has 0 atom stereocenters. The first kappa shape index (κ1) is 12.1. The van der Waals surface area contributed by atoms with Crippen molar-refractivity contribution in [2.45, 2.75) is 4.20 Å². The molecule has 1 aromatic rings. The van der Waals surface area contributed by atoms with Crippen LogP contribution in [0.25, 0.3) is 0 Å². The van der Waals surface area contributed by atoms with Crippen LogP contribution in [0.3, 0.4) is 0 Å². The molecule has 0 aliphatic carbocycles. The minimum Gasteiger partial charge on any atom is -0.393 e. The number of hydrogen-bond donors (Lipinski definition) is 1. The fourth-order valence-corrected chi connectivity index (χ4v) is 5.81. The van der Waals surface area contributed by atoms with Crippen LogP contribution in [0.5, 0.6) is 0 Å². The van der Waals surface area contributed by atoms with Crippen molar-refractivity contribution in [2.75, 3.05) is 30.3 Å². The van der Waals surface area contributed by atoms with Crippen LogP contribution in [-0.2, 0) is 4.20 Å². The van der Waals surface area contributed by atoms with E-state index in [-0.39, 0.29) is 15.6 Å². The molecule has 18 heavy (non-hydrogen) atoms. The van der Waals surface area contributed by atoms with E-state index in [1.54, 1.807) is 6.07 Å². The Bertz CT molecular complexity index is 499. The van der Waals surface area contributed by atoms with Gasteiger partial charge in [-0.15, -0.1) is 23.5 Å². The number of nitro groups is 1. The van der Waals surface area contributed by atoms with Crippen LogP contribution in [0.4, 0.5) is 11.4 Å². The Labute approximate surface area is 113 Å². The number of anilines is 1. The van der Waals surface area contributed by atoms with E-state index in [1.807, 2.05) is 29.6 Å². The topological polar surface area (TPSA) is 72.4 Å². The predicted octanol–water partition coefficient (Wildman–Crippen LogP) is 2.08. The Balaban J connectivity index is 2.02. The molecule has 2 aliphatic heterocycles. The molecule has 2 heterocycles. The molecule has 3 rings (SSSR count). The number of thioether (sulfide) groups is 2. The summed E-state index contributed by atoms with van der Waals surface area (Å²) < 4.78 is -0.0662. The maximum absolute atomic E-state index is 10.8. The van der Waals surface area contributed by atoms with Crippen LogP contribution in [0.2, 0.25) is 0 Å². The third kappa shape index (κ3) is 1.69. The fraction of sp³-hybridized carbons (Fsp3) is 0.455. The number of benzene rings is 1. The van der Waals surface area contributed by atoms with Crippen LogP contribution in [0, 0.1) is 10.1 Å². The largest absolute Gasteiger partial charge is 0.393 e. The first-order valence-corrected chi connectivity index (χ1v) is 7.68. The Hall–Kier alpha value is -0.920. The predicted molar refractivity (Wildman–Crippen MR) is 75.7 cm³/mol. The smallest absolute Gasteiger partial charge is 0.292 e. The van der Waals surface area contributed by atoms with Gasteiger partial charge < -0.3 is 5.73 Å². The summed E-state index contributed by atoms with van der Waals surface area (Å²) in [6, 6.07) is 5.13. The molecular weight excluding hydrogens is 270 g/mol. The summed E-state index contributed by atoms with van der Waals surface area (Å²) in [6.45, 7) is 2.16. The molecule has 0 amide bonds. The van der Waals surface area contributed by atoms with Crippen LogP contribution in [0.15, 0.2) is 18.2 Å². The maximum atomic E-state index is 10.8. The minimum absolute atomic E-state index is 0.00676. The lowest BCUT2D eigenvalue weighted by atomic mass is 10.1. The standard InChI is InChI=1S/C11H13N3O2S2/c12-9-7-8(1-2-10(9)14(15)16)11-13(3-5-17-11)4-6-18-11/h1-2,7H,3-6,12H2. The van der Waals surface area contributed by atoms with E-state index in [4.69, 9.17) is 5.73 Å². The second-order valence-corrected chi connectivity index (χ2v) is 7.13. The highest BCUT2D eigenvalue weighted by atomic mass is 32.2. The number of nitrogens with zero attached hydrogens (tertiary/aromatic N) is 2. The molecular formula is C11H13N3O2S2. The summed E-state index contributed by atoms with van der Waals surface area (Å²) in [5, 5.41) is 10.8. The highest BCUT2D eigenvalue weighted by molar-refractivity contribution is 8.17. The van der Waals surface area contributed by atoms with E-state index >= 15 is 0 Å². The van der Waals surface area contributed by atoms with Crippen molar-refractivity contribution < 1.29 is 4.92 Å². The van der Waals surface area contributed by atoms with Gasteiger partial charge in [-0.25, -0.2) is 0 Å². The van der Waals surface area contributed by atoms with E-state index in [1.165, 1.54) is 6.07 Å². The van der Waals surface area contributed by atoms with Gasteiger partial charge in [0.05, 0.1) is 4.92 Å². The molecule has 0 saturated carbocycles. The van der Waals surface area contributed by atoms with E-state index in [2.05, 4.69) is 4.90 Å². The van der Waals surface area contributed by atoms with Gasteiger partial charge in [0.25, 0.3) is 5.69 Å². The van der Waals surface area contributed by atoms with Crippen molar-refractivity contribution in [1.29, 1.82) is 0 Å². The summed E-state index contributed by atoms with van der Waals surface area (Å²) in [5.74, 6) is 2.20. The third-order valence-corrected chi connectivity index (χ3v) is 6.57. The first-order valence-electron chi connectivity index (χ1n) is 5.71. The van der Waals surface area contributed by atoms with Gasteiger partial charge in [-0.3, -0.25) is 15.0 Å². The molecule has 2 saturated heterocycles. The molecule has 0 spiro atoms. The molecule has 7 heteroatoms. The zero-order valence-electron chi connectivity index (χ0n) is 9.67. The summed E-state index contributed by atoms with van der Waals surface area (Å²) in [5.41, 5.74) is 7.12. The van der Waals surface area contributed by atoms with Gasteiger partial charge in [0.1, 0.15) is 9.89 Å². The normalized spacial score (nSPS) is 22.0. The molecule has 0 radical (unpaired) electrons. The summed E-state index contributed by atoms with van der Waals surface area (Å²) in [4.78, 5) is 12.8. The van der Waals surface area contributed by atoms with Crippen LogP contribution in [0.1, 0.15) is 5.56 Å². The SMILES string of the molecule is Nc1cc(C23SCCN2CCS3)ccc1[N+](=O)[O-]. The highest BCUT2D eigenvalue weighted by Gasteiger charge is 2.47. The lowest BCUT2D eigenvalue weighted by Gasteiger charge is -2.30. The van der Waals surface area contributed by atoms with Gasteiger partial charge in [0, 0.05) is 30.7 Å². The Morgan fingerprint density at radius 3 is 2.56 bits per heavy atom. The molecule has 2 N–H and O–H groups in total. The van der Waals surface area contributed by atoms with Crippen LogP contribution < -0.4 is 5.73 Å². The summed E-state index contributed by atoms with van der Waals surface area (Å²) in [7, 11) is 0. The van der Waals surface area contributed by atoms with E-state index in [0.717, 1.165) is 30.2 Å². The quantitative estimate of drug-likeness (QED) is 0.509. The number of nitro benzene ring substituents is 1. The molecule has 2 aliphatic rings. The maximum Gasteiger partial charge on any atom is 0.292 e. The summed E-state index contributed by atoms with van der Waals surface area (Å²) >= 11 is 3.80. The second-order valence-electron chi connectivity index (χ2n) is 4.30. The number of hydrogen-bond acceptors (Lipinski definition) is 6. The minimum atomic E-state index is -0.432. The van der Waals surface area contributed by atoms with Crippen molar-refractivity contribution in [3.05, 3.63) is 33.9 Å². The molecule has 1 aromatic carbocycles. The Morgan fingerprint density at radius 1 is 1.33 bits per heavy atom. The first-order chi connectivity index (χ1) is 8.63. The molecule has 5 nitrogen and oxygen atoms in total. The molecule has 0 aromatic heterocycles. The van der Waals surface area contributed by atoms with Crippen molar-refractivity contribution in [3.63, 3.8) is 0 Å². The van der Waals surface area contributed by atoms with Crippen LogP contribution >= 0.6 is 23.5 Å². The average molecular weight is 283 g/mol. The molecule has 96 valence electrons. The third-order valence-electron chi connectivity index (χ3n) is 3.32. The van der Waals surface area contributed by atoms with Crippen molar-refractivity contribution in [3.8, 4) is 0 Å². The van der Waals surface area contributed by atoms with E-state index in [0.29, 0.717) is 0 Å². The molecule has 0 bridgehead atoms. The van der Waals surface area contributed by atoms with Gasteiger partial charge in [0.15, 0.2) is 0 Å². The fourth-order valence-electron chi connectivity index (χ4n) is 2.49. The Morgan fingerprint density at radius 2 is 2.00 bits per heavy atom. The lowest BCUT2D eigenvalue weighted by molar-refractivity contribution is -0.383. The van der Waals surface area contributed by atoms with E-state index in [9.17, 15) is 10.1 Å². The van der Waals surface area contributed by atoms with Crippen molar-refractivity contribution >= 4 is 34.9 Å². The number of nitrogens with two attached hydrogens (primary N) is 1. The van der Waals surface area contributed by atoms with Gasteiger partial charge in [0.2, 0.25) is 0 Å². The average Bonchev–Trinajstić information content (AvgIpc) is 2.87. The summed E-state index contributed by atoms with van der Waals surface area (Å²) in [6.07, 6.45) is 0. The zero-order chi connectivity index (χ0) is 12.8. The van der Waals surface area contributed by atoms with Gasteiger partial charge >= 0.3 is 0 Å². The highest BCUT2D eigenvalue weighted by Crippen LogP contribution is 2.56. The van der Waals surface area contributed by atoms with Crippen molar-refractivity contribution in [1.82, 2.24) is 4.90 Å². The zero-order valence-corrected chi connectivity index (χ0v) is 11.3. The lowest BCUT2D eigenvalue weighted by Crippen LogP contribution is -2.31. The number of fused-ring (bicyclic) bond motifs is 1. The van der Waals surface area contributed by atoms with Gasteiger partial charge in [-0.05, 0) is 17.7 Å². The van der Waals surface area contributed by atoms with Crippen LogP contribution in [-0.4, -0.2) is 34.4 Å². The monoisotopic (exact) mass is 283 g/mol. The van der Waals surface area contributed by atoms with Gasteiger partial charge in [-0.1, -0.05) is 0 Å². The van der Waals surface area contributed by atoms with Crippen molar-refractivity contribution in [2.24, 2.45) is 0 Å². The van der Waals surface area contributed by atoms with E-state index < -0.39 is 4.92 Å². The molecule has 0 unspecified atom stereocenters. The number of nitrogen functional groups attached to an aromatic ring is 1.